The predicted molar refractivity (Wildman–Crippen MR) is 157 cm³/mol. The summed E-state index contributed by atoms with van der Waals surface area (Å²) in [5.74, 6) is 0.906. The summed E-state index contributed by atoms with van der Waals surface area (Å²) in [5, 5.41) is 8.53. The van der Waals surface area contributed by atoms with Crippen molar-refractivity contribution in [1.82, 2.24) is 19.5 Å². The Morgan fingerprint density at radius 1 is 1.00 bits per heavy atom. The van der Waals surface area contributed by atoms with Crippen molar-refractivity contribution >= 4 is 44.9 Å². The van der Waals surface area contributed by atoms with E-state index >= 15 is 0 Å². The van der Waals surface area contributed by atoms with Crippen molar-refractivity contribution in [2.75, 3.05) is 25.5 Å². The van der Waals surface area contributed by atoms with Crippen LogP contribution in [0.25, 0.3) is 28.0 Å². The number of benzene rings is 3. The van der Waals surface area contributed by atoms with Crippen molar-refractivity contribution in [1.29, 1.82) is 0 Å². The number of carbonyl (C=O) groups excluding carboxylic acids is 1. The maximum Gasteiger partial charge on any atom is 0.226 e. The Balaban J connectivity index is 1.18. The number of likely N-dealkylation sites (N-methyl/N-ethyl adjacent to an activating group) is 1. The zero-order valence-corrected chi connectivity index (χ0v) is 23.3. The minimum atomic E-state index is 0.0979. The van der Waals surface area contributed by atoms with Crippen LogP contribution in [0.15, 0.2) is 95.6 Å². The Hall–Kier alpha value is -3.68. The molecule has 5 rings (SSSR count). The van der Waals surface area contributed by atoms with Crippen molar-refractivity contribution in [2.24, 2.45) is 0 Å². The fourth-order valence-electron chi connectivity index (χ4n) is 4.28. The summed E-state index contributed by atoms with van der Waals surface area (Å²) < 4.78 is 2.56. The van der Waals surface area contributed by atoms with Crippen molar-refractivity contribution < 1.29 is 4.79 Å². The fourth-order valence-corrected chi connectivity index (χ4v) is 4.86. The van der Waals surface area contributed by atoms with E-state index in [2.05, 4.69) is 50.6 Å². The van der Waals surface area contributed by atoms with Crippen LogP contribution in [-0.2, 0) is 11.2 Å². The predicted octanol–water partition coefficient (Wildman–Crippen LogP) is 6.98. The van der Waals surface area contributed by atoms with Gasteiger partial charge in [0.05, 0.1) is 22.8 Å². The van der Waals surface area contributed by atoms with Crippen LogP contribution in [0.1, 0.15) is 12.0 Å². The lowest BCUT2D eigenvalue weighted by atomic mass is 10.0. The van der Waals surface area contributed by atoms with E-state index in [1.807, 2.05) is 67.7 Å². The first-order valence-electron chi connectivity index (χ1n) is 12.4. The molecule has 0 spiro atoms. The topological polar surface area (TPSA) is 62.5 Å². The number of nitrogens with zero attached hydrogens (tertiary/aromatic N) is 4. The van der Waals surface area contributed by atoms with E-state index < -0.39 is 0 Å². The molecule has 3 aromatic carbocycles. The average Bonchev–Trinajstić information content (AvgIpc) is 3.32. The average molecular weight is 589 g/mol. The molecule has 0 unspecified atom stereocenters. The number of amides is 1. The van der Waals surface area contributed by atoms with E-state index in [-0.39, 0.29) is 5.91 Å². The fraction of sp³-hybridized carbons (Fsp3) is 0.167. The molecule has 0 aliphatic heterocycles. The third kappa shape index (κ3) is 5.90. The molecule has 0 saturated heterocycles. The molecule has 0 atom stereocenters. The van der Waals surface area contributed by atoms with Gasteiger partial charge in [0, 0.05) is 36.8 Å². The lowest BCUT2D eigenvalue weighted by molar-refractivity contribution is -0.129. The molecule has 0 aliphatic rings. The largest absolute Gasteiger partial charge is 0.370 e. The Morgan fingerprint density at radius 3 is 2.47 bits per heavy atom. The van der Waals surface area contributed by atoms with Crippen molar-refractivity contribution in [2.45, 2.75) is 12.8 Å². The van der Waals surface area contributed by atoms with Gasteiger partial charge >= 0.3 is 0 Å². The second kappa shape index (κ2) is 11.8. The summed E-state index contributed by atoms with van der Waals surface area (Å²) >= 11 is 9.96. The molecule has 5 aromatic rings. The van der Waals surface area contributed by atoms with Gasteiger partial charge < -0.3 is 10.2 Å². The second-order valence-corrected chi connectivity index (χ2v) is 10.3. The third-order valence-electron chi connectivity index (χ3n) is 6.40. The van der Waals surface area contributed by atoms with Crippen molar-refractivity contribution in [3.05, 3.63) is 106 Å². The highest BCUT2D eigenvalue weighted by Gasteiger charge is 2.14. The number of rotatable bonds is 9. The number of nitrogens with one attached hydrogen (secondary N) is 1. The summed E-state index contributed by atoms with van der Waals surface area (Å²) in [4.78, 5) is 19.3. The van der Waals surface area contributed by atoms with Gasteiger partial charge in [0.1, 0.15) is 5.82 Å². The van der Waals surface area contributed by atoms with E-state index in [9.17, 15) is 4.79 Å². The maximum absolute atomic E-state index is 12.8. The second-order valence-electron chi connectivity index (χ2n) is 9.07. The van der Waals surface area contributed by atoms with E-state index in [1.54, 1.807) is 15.6 Å². The molecule has 0 saturated carbocycles. The standard InChI is InChI=1S/C30H27BrClN5O/c1-36(29(38)18-21-12-14-23(15-13-21)22-8-3-2-4-9-22)17-7-16-33-28-19-27(24-10-5-6-11-26(24)32)35-30-25(31)20-34-37(28)30/h2-6,8-15,19-20,33H,7,16-18H2,1H3. The lowest BCUT2D eigenvalue weighted by Crippen LogP contribution is -2.30. The first kappa shape index (κ1) is 25.9. The third-order valence-corrected chi connectivity index (χ3v) is 7.29. The number of fused-ring (bicyclic) bond motifs is 1. The number of hydrogen-bond donors (Lipinski definition) is 1. The Morgan fingerprint density at radius 2 is 1.71 bits per heavy atom. The SMILES string of the molecule is CN(CCCNc1cc(-c2ccccc2Cl)nc2c(Br)cnn12)C(=O)Cc1ccc(-c2ccccc2)cc1. The summed E-state index contributed by atoms with van der Waals surface area (Å²) in [7, 11) is 1.85. The zero-order valence-electron chi connectivity index (χ0n) is 20.9. The molecule has 1 N–H and O–H groups in total. The first-order valence-corrected chi connectivity index (χ1v) is 13.6. The minimum Gasteiger partial charge on any atom is -0.370 e. The van der Waals surface area contributed by atoms with Crippen molar-refractivity contribution in [3.8, 4) is 22.4 Å². The van der Waals surface area contributed by atoms with Crippen LogP contribution in [0.5, 0.6) is 0 Å². The van der Waals surface area contributed by atoms with E-state index in [0.29, 0.717) is 30.2 Å². The van der Waals surface area contributed by atoms with Crippen LogP contribution >= 0.6 is 27.5 Å². The Bertz CT molecular complexity index is 1550. The summed E-state index contributed by atoms with van der Waals surface area (Å²) in [6, 6.07) is 28.0. The van der Waals surface area contributed by atoms with Gasteiger partial charge in [0.2, 0.25) is 5.91 Å². The molecule has 0 aliphatic carbocycles. The van der Waals surface area contributed by atoms with E-state index in [1.165, 1.54) is 5.56 Å². The van der Waals surface area contributed by atoms with Crippen LogP contribution in [0.2, 0.25) is 5.02 Å². The van der Waals surface area contributed by atoms with E-state index in [0.717, 1.165) is 39.1 Å². The molecular formula is C30H27BrClN5O. The molecule has 0 radical (unpaired) electrons. The van der Waals surface area contributed by atoms with Gasteiger partial charge in [-0.3, -0.25) is 4.79 Å². The molecule has 0 bridgehead atoms. The quantitative estimate of drug-likeness (QED) is 0.189. The molecule has 0 fully saturated rings. The number of carbonyl (C=O) groups is 1. The molecular weight excluding hydrogens is 562 g/mol. The molecule has 1 amide bonds. The monoisotopic (exact) mass is 587 g/mol. The molecule has 192 valence electrons. The lowest BCUT2D eigenvalue weighted by Gasteiger charge is -2.18. The van der Waals surface area contributed by atoms with Crippen molar-refractivity contribution in [3.63, 3.8) is 0 Å². The highest BCUT2D eigenvalue weighted by Crippen LogP contribution is 2.30. The zero-order chi connectivity index (χ0) is 26.5. The molecule has 8 heteroatoms. The maximum atomic E-state index is 12.8. The van der Waals surface area contributed by atoms with Gasteiger partial charge in [-0.05, 0) is 45.1 Å². The smallest absolute Gasteiger partial charge is 0.226 e. The first-order chi connectivity index (χ1) is 18.5. The molecule has 2 heterocycles. The van der Waals surface area contributed by atoms with Crippen LogP contribution < -0.4 is 5.32 Å². The van der Waals surface area contributed by atoms with Gasteiger partial charge in [0.25, 0.3) is 0 Å². The van der Waals surface area contributed by atoms with Crippen LogP contribution in [-0.4, -0.2) is 45.5 Å². The number of hydrogen-bond acceptors (Lipinski definition) is 4. The summed E-state index contributed by atoms with van der Waals surface area (Å²) in [6.45, 7) is 1.31. The van der Waals surface area contributed by atoms with E-state index in [4.69, 9.17) is 16.6 Å². The van der Waals surface area contributed by atoms with Crippen LogP contribution in [0.4, 0.5) is 5.82 Å². The molecule has 6 nitrogen and oxygen atoms in total. The minimum absolute atomic E-state index is 0.0979. The Kier molecular flexibility index (Phi) is 8.05. The number of halogens is 2. The van der Waals surface area contributed by atoms with Gasteiger partial charge in [-0.1, -0.05) is 84.4 Å². The highest BCUT2D eigenvalue weighted by molar-refractivity contribution is 9.10. The Labute approximate surface area is 235 Å². The number of anilines is 1. The molecule has 38 heavy (non-hydrogen) atoms. The van der Waals surface area contributed by atoms with Gasteiger partial charge in [-0.15, -0.1) is 0 Å². The normalized spacial score (nSPS) is 11.0. The van der Waals surface area contributed by atoms with Gasteiger partial charge in [-0.25, -0.2) is 4.98 Å². The van der Waals surface area contributed by atoms with Gasteiger partial charge in [-0.2, -0.15) is 9.61 Å². The van der Waals surface area contributed by atoms with Crippen LogP contribution in [0, 0.1) is 0 Å². The summed E-state index contributed by atoms with van der Waals surface area (Å²) in [5.41, 5.74) is 5.65. The van der Waals surface area contributed by atoms with Gasteiger partial charge in [0.15, 0.2) is 5.65 Å². The highest BCUT2D eigenvalue weighted by atomic mass is 79.9. The number of aromatic nitrogens is 3. The molecule has 2 aromatic heterocycles. The van der Waals surface area contributed by atoms with Crippen LogP contribution in [0.3, 0.4) is 0 Å². The summed E-state index contributed by atoms with van der Waals surface area (Å²) in [6.07, 6.45) is 2.89.